The summed E-state index contributed by atoms with van der Waals surface area (Å²) in [6.07, 6.45) is 4.58. The maximum absolute atomic E-state index is 13.5. The van der Waals surface area contributed by atoms with Crippen molar-refractivity contribution in [2.75, 3.05) is 0 Å². The molecule has 0 fully saturated rings. The molecule has 32 heavy (non-hydrogen) atoms. The van der Waals surface area contributed by atoms with E-state index in [1.54, 1.807) is 6.20 Å². The fourth-order valence-electron chi connectivity index (χ4n) is 3.79. The molecule has 7 nitrogen and oxygen atoms in total. The molecule has 0 aliphatic rings. The first-order valence-corrected chi connectivity index (χ1v) is 10.4. The van der Waals surface area contributed by atoms with Crippen LogP contribution in [0.5, 0.6) is 0 Å². The second-order valence-electron chi connectivity index (χ2n) is 7.53. The molecule has 0 spiro atoms. The minimum absolute atomic E-state index is 0.0826. The lowest BCUT2D eigenvalue weighted by atomic mass is 10.0. The van der Waals surface area contributed by atoms with Crippen LogP contribution < -0.4 is 0 Å². The SMILES string of the molecule is Cc1ccc2c(c1)c(C(=O)c1nnc(-c3cnccn3)o1)c(C)n2Cc1ccc(Cl)cc1. The van der Waals surface area contributed by atoms with E-state index in [9.17, 15) is 4.79 Å². The molecule has 0 unspecified atom stereocenters. The van der Waals surface area contributed by atoms with Crippen molar-refractivity contribution in [1.82, 2.24) is 24.7 Å². The smallest absolute Gasteiger partial charge is 0.289 e. The number of ketones is 1. The molecule has 3 heterocycles. The van der Waals surface area contributed by atoms with Crippen LogP contribution >= 0.6 is 11.6 Å². The van der Waals surface area contributed by atoms with E-state index in [2.05, 4.69) is 24.7 Å². The van der Waals surface area contributed by atoms with Crippen LogP contribution in [-0.2, 0) is 6.54 Å². The molecule has 3 aromatic heterocycles. The molecule has 5 aromatic rings. The van der Waals surface area contributed by atoms with E-state index in [4.69, 9.17) is 16.0 Å². The number of hydrogen-bond donors (Lipinski definition) is 0. The molecular weight excluding hydrogens is 426 g/mol. The lowest BCUT2D eigenvalue weighted by Gasteiger charge is -2.09. The van der Waals surface area contributed by atoms with Gasteiger partial charge in [0.15, 0.2) is 0 Å². The molecular formula is C24H18ClN5O2. The van der Waals surface area contributed by atoms with Gasteiger partial charge in [0.25, 0.3) is 17.6 Å². The van der Waals surface area contributed by atoms with Gasteiger partial charge in [-0.3, -0.25) is 9.78 Å². The summed E-state index contributed by atoms with van der Waals surface area (Å²) >= 11 is 6.04. The zero-order valence-electron chi connectivity index (χ0n) is 17.4. The quantitative estimate of drug-likeness (QED) is 0.354. The molecule has 2 aromatic carbocycles. The highest BCUT2D eigenvalue weighted by Gasteiger charge is 2.26. The van der Waals surface area contributed by atoms with Gasteiger partial charge >= 0.3 is 0 Å². The predicted octanol–water partition coefficient (Wildman–Crippen LogP) is 5.03. The lowest BCUT2D eigenvalue weighted by Crippen LogP contribution is -2.06. The van der Waals surface area contributed by atoms with Crippen LogP contribution in [0, 0.1) is 13.8 Å². The molecule has 0 bridgehead atoms. The standard InChI is InChI=1S/C24H18ClN5O2/c1-14-3-8-20-18(11-14)21(15(2)30(20)13-16-4-6-17(25)7-5-16)22(31)24-29-28-23(32-24)19-12-26-9-10-27-19/h3-12H,13H2,1-2H3. The summed E-state index contributed by atoms with van der Waals surface area (Å²) in [5, 5.41) is 9.50. The summed E-state index contributed by atoms with van der Waals surface area (Å²) in [7, 11) is 0. The van der Waals surface area contributed by atoms with Crippen LogP contribution in [0.4, 0.5) is 0 Å². The maximum Gasteiger partial charge on any atom is 0.289 e. The molecule has 8 heteroatoms. The van der Waals surface area contributed by atoms with Crippen LogP contribution in [0.25, 0.3) is 22.5 Å². The Bertz CT molecular complexity index is 1440. The van der Waals surface area contributed by atoms with Crippen molar-refractivity contribution in [3.05, 3.63) is 94.4 Å². The molecule has 0 saturated carbocycles. The molecule has 5 rings (SSSR count). The van der Waals surface area contributed by atoms with Gasteiger partial charge in [-0.2, -0.15) is 0 Å². The summed E-state index contributed by atoms with van der Waals surface area (Å²) in [5.41, 5.74) is 4.88. The number of nitrogens with zero attached hydrogens (tertiary/aromatic N) is 5. The first kappa shape index (κ1) is 20.1. The Labute approximate surface area is 188 Å². The number of fused-ring (bicyclic) bond motifs is 1. The molecule has 0 saturated heterocycles. The summed E-state index contributed by atoms with van der Waals surface area (Å²) < 4.78 is 7.78. The second kappa shape index (κ2) is 8.01. The van der Waals surface area contributed by atoms with Gasteiger partial charge in [0.1, 0.15) is 5.69 Å². The van der Waals surface area contributed by atoms with E-state index in [0.29, 0.717) is 22.8 Å². The van der Waals surface area contributed by atoms with Gasteiger partial charge in [-0.15, -0.1) is 10.2 Å². The number of halogens is 1. The highest BCUT2D eigenvalue weighted by atomic mass is 35.5. The summed E-state index contributed by atoms with van der Waals surface area (Å²) in [5.74, 6) is -0.253. The van der Waals surface area contributed by atoms with E-state index < -0.39 is 0 Å². The van der Waals surface area contributed by atoms with E-state index in [-0.39, 0.29) is 17.6 Å². The lowest BCUT2D eigenvalue weighted by molar-refractivity contribution is 0.100. The van der Waals surface area contributed by atoms with Gasteiger partial charge in [0, 0.05) is 40.6 Å². The average Bonchev–Trinajstić information content (AvgIpc) is 3.39. The van der Waals surface area contributed by atoms with Crippen LogP contribution in [0.15, 0.2) is 65.5 Å². The van der Waals surface area contributed by atoms with Gasteiger partial charge < -0.3 is 8.98 Å². The number of carbonyl (C=O) groups excluding carboxylic acids is 1. The van der Waals surface area contributed by atoms with Crippen molar-refractivity contribution in [2.24, 2.45) is 0 Å². The van der Waals surface area contributed by atoms with Crippen LogP contribution in [-0.4, -0.2) is 30.5 Å². The van der Waals surface area contributed by atoms with E-state index >= 15 is 0 Å². The van der Waals surface area contributed by atoms with Gasteiger partial charge in [-0.05, 0) is 43.7 Å². The van der Waals surface area contributed by atoms with Crippen molar-refractivity contribution < 1.29 is 9.21 Å². The third-order valence-electron chi connectivity index (χ3n) is 5.36. The molecule has 0 radical (unpaired) electrons. The Morgan fingerprint density at radius 2 is 1.88 bits per heavy atom. The number of aromatic nitrogens is 5. The van der Waals surface area contributed by atoms with Crippen molar-refractivity contribution >= 4 is 28.3 Å². The monoisotopic (exact) mass is 443 g/mol. The number of aryl methyl sites for hydroxylation is 1. The fraction of sp³-hybridized carbons (Fsp3) is 0.125. The van der Waals surface area contributed by atoms with E-state index in [0.717, 1.165) is 27.7 Å². The third kappa shape index (κ3) is 3.56. The molecule has 0 atom stereocenters. The Hall–Kier alpha value is -3.84. The first-order valence-electron chi connectivity index (χ1n) is 10.00. The van der Waals surface area contributed by atoms with Gasteiger partial charge in [0.2, 0.25) is 0 Å². The average molecular weight is 444 g/mol. The normalized spacial score (nSPS) is 11.2. The van der Waals surface area contributed by atoms with E-state index in [1.165, 1.54) is 12.4 Å². The van der Waals surface area contributed by atoms with Crippen LogP contribution in [0.1, 0.15) is 33.1 Å². The highest BCUT2D eigenvalue weighted by Crippen LogP contribution is 2.30. The second-order valence-corrected chi connectivity index (χ2v) is 7.96. The highest BCUT2D eigenvalue weighted by molar-refractivity contribution is 6.30. The predicted molar refractivity (Wildman–Crippen MR) is 121 cm³/mol. The van der Waals surface area contributed by atoms with Gasteiger partial charge in [0.05, 0.1) is 11.8 Å². The third-order valence-corrected chi connectivity index (χ3v) is 5.61. The largest absolute Gasteiger partial charge is 0.412 e. The Balaban J connectivity index is 1.60. The molecule has 158 valence electrons. The van der Waals surface area contributed by atoms with Gasteiger partial charge in [-0.25, -0.2) is 4.98 Å². The summed E-state index contributed by atoms with van der Waals surface area (Å²) in [6, 6.07) is 13.8. The Kier molecular flexibility index (Phi) is 5.03. The number of hydrogen-bond acceptors (Lipinski definition) is 6. The number of carbonyl (C=O) groups is 1. The minimum atomic E-state index is -0.324. The number of benzene rings is 2. The van der Waals surface area contributed by atoms with Crippen LogP contribution in [0.2, 0.25) is 5.02 Å². The summed E-state index contributed by atoms with van der Waals surface area (Å²) in [4.78, 5) is 21.6. The van der Waals surface area contributed by atoms with Crippen molar-refractivity contribution in [2.45, 2.75) is 20.4 Å². The molecule has 0 amide bonds. The van der Waals surface area contributed by atoms with Crippen molar-refractivity contribution in [3.63, 3.8) is 0 Å². The van der Waals surface area contributed by atoms with Gasteiger partial charge in [-0.1, -0.05) is 35.4 Å². The maximum atomic E-state index is 13.5. The zero-order valence-corrected chi connectivity index (χ0v) is 18.2. The Morgan fingerprint density at radius 3 is 2.62 bits per heavy atom. The molecule has 0 aliphatic heterocycles. The van der Waals surface area contributed by atoms with E-state index in [1.807, 2.05) is 56.3 Å². The molecule has 0 aliphatic carbocycles. The topological polar surface area (TPSA) is 86.7 Å². The Morgan fingerprint density at radius 1 is 1.06 bits per heavy atom. The minimum Gasteiger partial charge on any atom is -0.412 e. The number of rotatable bonds is 5. The van der Waals surface area contributed by atoms with Crippen molar-refractivity contribution in [1.29, 1.82) is 0 Å². The summed E-state index contributed by atoms with van der Waals surface area (Å²) in [6.45, 7) is 4.53. The first-order chi connectivity index (χ1) is 15.5. The van der Waals surface area contributed by atoms with Crippen LogP contribution in [0.3, 0.4) is 0 Å². The molecule has 0 N–H and O–H groups in total. The zero-order chi connectivity index (χ0) is 22.2. The van der Waals surface area contributed by atoms with Crippen molar-refractivity contribution in [3.8, 4) is 11.6 Å². The fourth-order valence-corrected chi connectivity index (χ4v) is 3.92.